The second kappa shape index (κ2) is 8.17. The van der Waals surface area contributed by atoms with Crippen molar-refractivity contribution in [3.05, 3.63) is 59.7 Å². The molecule has 0 aromatic heterocycles. The summed E-state index contributed by atoms with van der Waals surface area (Å²) in [6.45, 7) is 0.429. The Balaban J connectivity index is 1.93. The second-order valence-electron chi connectivity index (χ2n) is 4.93. The van der Waals surface area contributed by atoms with Crippen molar-refractivity contribution in [2.24, 2.45) is 0 Å². The third kappa shape index (κ3) is 4.98. The highest BCUT2D eigenvalue weighted by atomic mass is 16.7. The quantitative estimate of drug-likeness (QED) is 0.560. The highest BCUT2D eigenvalue weighted by molar-refractivity contribution is 5.65. The minimum Gasteiger partial charge on any atom is -0.504 e. The van der Waals surface area contributed by atoms with Crippen LogP contribution in [0, 0.1) is 0 Å². The number of benzene rings is 2. The number of likely N-dealkylation sites (N-methyl/N-ethyl adjacent to an activating group) is 1. The number of aliphatic hydroxyl groups excluding tert-OH is 1. The topological polar surface area (TPSA) is 88.0 Å². The third-order valence-electron chi connectivity index (χ3n) is 3.16. The molecule has 0 saturated heterocycles. The van der Waals surface area contributed by atoms with E-state index in [9.17, 15) is 15.0 Å². The van der Waals surface area contributed by atoms with E-state index in [0.29, 0.717) is 12.1 Å². The predicted molar refractivity (Wildman–Crippen MR) is 84.2 cm³/mol. The third-order valence-corrected chi connectivity index (χ3v) is 3.16. The smallest absolute Gasteiger partial charge is 0.504 e. The first kappa shape index (κ1) is 16.8. The molecule has 2 aromatic rings. The molecule has 0 radical (unpaired) electrons. The van der Waals surface area contributed by atoms with Crippen molar-refractivity contribution in [1.29, 1.82) is 0 Å². The number of ether oxygens (including phenoxy) is 2. The van der Waals surface area contributed by atoms with Gasteiger partial charge < -0.3 is 25.0 Å². The van der Waals surface area contributed by atoms with Gasteiger partial charge in [-0.3, -0.25) is 0 Å². The van der Waals surface area contributed by atoms with Crippen LogP contribution >= 0.6 is 0 Å². The molecule has 6 nitrogen and oxygen atoms in total. The number of aliphatic hydroxyl groups is 1. The van der Waals surface area contributed by atoms with Crippen molar-refractivity contribution in [1.82, 2.24) is 5.32 Å². The van der Waals surface area contributed by atoms with Crippen LogP contribution in [0.15, 0.2) is 48.5 Å². The van der Waals surface area contributed by atoms with Crippen molar-refractivity contribution in [3.8, 4) is 11.5 Å². The molecule has 1 atom stereocenters. The van der Waals surface area contributed by atoms with Crippen molar-refractivity contribution in [2.75, 3.05) is 13.6 Å². The molecule has 0 amide bonds. The van der Waals surface area contributed by atoms with E-state index in [1.165, 1.54) is 12.1 Å². The van der Waals surface area contributed by atoms with E-state index in [4.69, 9.17) is 9.47 Å². The van der Waals surface area contributed by atoms with E-state index in [2.05, 4.69) is 5.32 Å². The molecule has 0 spiro atoms. The van der Waals surface area contributed by atoms with E-state index < -0.39 is 12.3 Å². The minimum atomic E-state index is -0.910. The average molecular weight is 317 g/mol. The van der Waals surface area contributed by atoms with Gasteiger partial charge in [-0.2, -0.15) is 0 Å². The Morgan fingerprint density at radius 2 is 1.96 bits per heavy atom. The highest BCUT2D eigenvalue weighted by Crippen LogP contribution is 2.29. The zero-order valence-electron chi connectivity index (χ0n) is 12.7. The predicted octanol–water partition coefficient (Wildman–Crippen LogP) is 2.36. The number of aromatic hydroxyl groups is 1. The van der Waals surface area contributed by atoms with Gasteiger partial charge in [-0.15, -0.1) is 0 Å². The lowest BCUT2D eigenvalue weighted by atomic mass is 10.1. The number of phenols is 1. The molecule has 6 heteroatoms. The molecule has 3 N–H and O–H groups in total. The molecule has 0 saturated carbocycles. The summed E-state index contributed by atoms with van der Waals surface area (Å²) in [5.74, 6) is -0.266. The zero-order valence-corrected chi connectivity index (χ0v) is 12.7. The Kier molecular flexibility index (Phi) is 5.96. The maximum absolute atomic E-state index is 11.6. The maximum atomic E-state index is 11.6. The number of carbonyl (C=O) groups is 1. The van der Waals surface area contributed by atoms with Crippen molar-refractivity contribution < 1.29 is 24.5 Å². The number of nitrogens with one attached hydrogen (secondary N) is 1. The van der Waals surface area contributed by atoms with Crippen molar-refractivity contribution >= 4 is 6.16 Å². The maximum Gasteiger partial charge on any atom is 0.514 e. The monoisotopic (exact) mass is 317 g/mol. The molecule has 23 heavy (non-hydrogen) atoms. The summed E-state index contributed by atoms with van der Waals surface area (Å²) >= 11 is 0. The standard InChI is InChI=1S/C17H19NO5/c1-18-10-15(20)13-7-8-16(14(19)9-13)23-17(21)22-11-12-5-3-2-4-6-12/h2-9,15,18-20H,10-11H2,1H3. The van der Waals surface area contributed by atoms with Crippen molar-refractivity contribution in [2.45, 2.75) is 12.7 Å². The van der Waals surface area contributed by atoms with Crippen LogP contribution in [0.5, 0.6) is 11.5 Å². The fourth-order valence-electron chi connectivity index (χ4n) is 1.97. The molecule has 0 aliphatic rings. The first-order valence-electron chi connectivity index (χ1n) is 7.14. The first-order valence-corrected chi connectivity index (χ1v) is 7.14. The van der Waals surface area contributed by atoms with E-state index in [-0.39, 0.29) is 18.1 Å². The lowest BCUT2D eigenvalue weighted by molar-refractivity contribution is 0.0916. The number of phenolic OH excluding ortho intramolecular Hbond substituents is 1. The lowest BCUT2D eigenvalue weighted by Crippen LogP contribution is -2.16. The van der Waals surface area contributed by atoms with Gasteiger partial charge in [0.05, 0.1) is 6.10 Å². The van der Waals surface area contributed by atoms with Gasteiger partial charge in [0.15, 0.2) is 11.5 Å². The largest absolute Gasteiger partial charge is 0.514 e. The zero-order chi connectivity index (χ0) is 16.7. The van der Waals surface area contributed by atoms with Crippen LogP contribution in [0.25, 0.3) is 0 Å². The van der Waals surface area contributed by atoms with Gasteiger partial charge in [-0.25, -0.2) is 4.79 Å². The van der Waals surface area contributed by atoms with Gasteiger partial charge in [0.2, 0.25) is 0 Å². The SMILES string of the molecule is CNCC(O)c1ccc(OC(=O)OCc2ccccc2)c(O)c1. The van der Waals surface area contributed by atoms with Gasteiger partial charge >= 0.3 is 6.16 Å². The fourth-order valence-corrected chi connectivity index (χ4v) is 1.97. The summed E-state index contributed by atoms with van der Waals surface area (Å²) in [6, 6.07) is 13.5. The van der Waals surface area contributed by atoms with Crippen LogP contribution in [0.4, 0.5) is 4.79 Å². The van der Waals surface area contributed by atoms with Crippen LogP contribution in [-0.4, -0.2) is 30.0 Å². The molecule has 0 aliphatic carbocycles. The van der Waals surface area contributed by atoms with Crippen LogP contribution in [-0.2, 0) is 11.3 Å². The molecular formula is C17H19NO5. The fraction of sp³-hybridized carbons (Fsp3) is 0.235. The summed E-state index contributed by atoms with van der Waals surface area (Å²) in [4.78, 5) is 11.6. The Morgan fingerprint density at radius 3 is 2.61 bits per heavy atom. The van der Waals surface area contributed by atoms with Crippen LogP contribution < -0.4 is 10.1 Å². The van der Waals surface area contributed by atoms with Gasteiger partial charge in [0.25, 0.3) is 0 Å². The highest BCUT2D eigenvalue weighted by Gasteiger charge is 2.14. The summed E-state index contributed by atoms with van der Waals surface area (Å²) in [7, 11) is 1.71. The Hall–Kier alpha value is -2.57. The van der Waals surface area contributed by atoms with Crippen molar-refractivity contribution in [3.63, 3.8) is 0 Å². The molecule has 0 fully saturated rings. The number of hydrogen-bond donors (Lipinski definition) is 3. The number of carbonyl (C=O) groups excluding carboxylic acids is 1. The average Bonchev–Trinajstić information content (AvgIpc) is 2.56. The van der Waals surface area contributed by atoms with Crippen LogP contribution in [0.3, 0.4) is 0 Å². The lowest BCUT2D eigenvalue weighted by Gasteiger charge is -2.12. The van der Waals surface area contributed by atoms with Crippen LogP contribution in [0.1, 0.15) is 17.2 Å². The van der Waals surface area contributed by atoms with Gasteiger partial charge in [0, 0.05) is 6.54 Å². The molecule has 122 valence electrons. The van der Waals surface area contributed by atoms with Crippen LogP contribution in [0.2, 0.25) is 0 Å². The Morgan fingerprint density at radius 1 is 1.22 bits per heavy atom. The molecule has 0 aliphatic heterocycles. The van der Waals surface area contributed by atoms with E-state index in [0.717, 1.165) is 5.56 Å². The summed E-state index contributed by atoms with van der Waals surface area (Å²) in [5, 5.41) is 22.5. The summed E-state index contributed by atoms with van der Waals surface area (Å²) in [5.41, 5.74) is 1.35. The van der Waals surface area contributed by atoms with Gasteiger partial charge in [-0.1, -0.05) is 36.4 Å². The number of hydrogen-bond acceptors (Lipinski definition) is 6. The molecule has 0 bridgehead atoms. The molecule has 1 unspecified atom stereocenters. The van der Waals surface area contributed by atoms with E-state index in [1.807, 2.05) is 30.3 Å². The normalized spacial score (nSPS) is 11.7. The van der Waals surface area contributed by atoms with E-state index in [1.54, 1.807) is 13.1 Å². The summed E-state index contributed by atoms with van der Waals surface area (Å²) < 4.78 is 9.92. The van der Waals surface area contributed by atoms with E-state index >= 15 is 0 Å². The first-order chi connectivity index (χ1) is 11.1. The minimum absolute atomic E-state index is 0.0246. The second-order valence-corrected chi connectivity index (χ2v) is 4.93. The molecule has 2 aromatic carbocycles. The Bertz CT molecular complexity index is 645. The molecular weight excluding hydrogens is 298 g/mol. The Labute approximate surface area is 134 Å². The van der Waals surface area contributed by atoms with Gasteiger partial charge in [-0.05, 0) is 30.3 Å². The van der Waals surface area contributed by atoms with Gasteiger partial charge in [0.1, 0.15) is 6.61 Å². The number of rotatable bonds is 6. The molecule has 2 rings (SSSR count). The summed E-state index contributed by atoms with van der Waals surface area (Å²) in [6.07, 6.45) is -1.67. The molecule has 0 heterocycles.